The third-order valence-electron chi connectivity index (χ3n) is 3.67. The summed E-state index contributed by atoms with van der Waals surface area (Å²) in [6, 6.07) is 12.1. The van der Waals surface area contributed by atoms with E-state index in [0.29, 0.717) is 28.8 Å². The highest BCUT2D eigenvalue weighted by Crippen LogP contribution is 2.29. The normalized spacial score (nSPS) is 10.2. The zero-order valence-corrected chi connectivity index (χ0v) is 14.4. The van der Waals surface area contributed by atoms with Crippen LogP contribution in [0.15, 0.2) is 48.7 Å². The number of aromatic amines is 1. The lowest BCUT2D eigenvalue weighted by Crippen LogP contribution is -2.19. The number of amides is 2. The molecule has 26 heavy (non-hydrogen) atoms. The molecule has 0 spiro atoms. The summed E-state index contributed by atoms with van der Waals surface area (Å²) in [5.41, 5.74) is 8.44. The number of hydrogen-bond donors (Lipinski definition) is 4. The van der Waals surface area contributed by atoms with Gasteiger partial charge in [0.15, 0.2) is 17.4 Å². The smallest absolute Gasteiger partial charge is 0.323 e. The molecule has 0 aliphatic rings. The number of urea groups is 1. The van der Waals surface area contributed by atoms with Crippen LogP contribution >= 0.6 is 0 Å². The van der Waals surface area contributed by atoms with Crippen molar-refractivity contribution >= 4 is 23.4 Å². The topological polar surface area (TPSA) is 114 Å². The minimum absolute atomic E-state index is 0.338. The Bertz CT molecular complexity index is 923. The Morgan fingerprint density at radius 1 is 1.04 bits per heavy atom. The molecular weight excluding hydrogens is 334 g/mol. The number of methoxy groups -OCH3 is 2. The lowest BCUT2D eigenvalue weighted by Gasteiger charge is -2.11. The van der Waals surface area contributed by atoms with Crippen molar-refractivity contribution in [1.29, 1.82) is 0 Å². The third kappa shape index (κ3) is 3.86. The summed E-state index contributed by atoms with van der Waals surface area (Å²) in [4.78, 5) is 19.2. The van der Waals surface area contributed by atoms with E-state index in [1.807, 2.05) is 18.2 Å². The van der Waals surface area contributed by atoms with Crippen LogP contribution in [0.4, 0.5) is 22.1 Å². The van der Waals surface area contributed by atoms with Crippen LogP contribution < -0.4 is 25.8 Å². The predicted octanol–water partition coefficient (Wildman–Crippen LogP) is 3.32. The van der Waals surface area contributed by atoms with E-state index in [2.05, 4.69) is 20.6 Å². The van der Waals surface area contributed by atoms with E-state index in [1.54, 1.807) is 37.6 Å². The molecule has 2 amide bonds. The number of hydrogen-bond acceptors (Lipinski definition) is 5. The Morgan fingerprint density at radius 3 is 2.42 bits per heavy atom. The molecule has 8 nitrogen and oxygen atoms in total. The number of carbonyl (C=O) groups excluding carboxylic acids is 1. The van der Waals surface area contributed by atoms with Gasteiger partial charge in [-0.3, -0.25) is 0 Å². The van der Waals surface area contributed by atoms with Gasteiger partial charge in [-0.15, -0.1) is 0 Å². The van der Waals surface area contributed by atoms with Crippen LogP contribution in [0.3, 0.4) is 0 Å². The van der Waals surface area contributed by atoms with Crippen molar-refractivity contribution in [3.05, 3.63) is 48.7 Å². The molecule has 5 N–H and O–H groups in total. The molecule has 3 rings (SSSR count). The van der Waals surface area contributed by atoms with Crippen LogP contribution in [-0.2, 0) is 0 Å². The van der Waals surface area contributed by atoms with Gasteiger partial charge in [-0.1, -0.05) is 12.1 Å². The van der Waals surface area contributed by atoms with Crippen LogP contribution in [0.1, 0.15) is 0 Å². The maximum Gasteiger partial charge on any atom is 0.323 e. The molecule has 0 fully saturated rings. The first-order valence-electron chi connectivity index (χ1n) is 7.80. The molecule has 8 heteroatoms. The van der Waals surface area contributed by atoms with E-state index in [0.717, 1.165) is 11.3 Å². The second-order valence-corrected chi connectivity index (χ2v) is 5.41. The molecule has 0 unspecified atom stereocenters. The minimum atomic E-state index is -0.376. The number of nitrogens with zero attached hydrogens (tertiary/aromatic N) is 1. The highest BCUT2D eigenvalue weighted by Gasteiger charge is 2.08. The van der Waals surface area contributed by atoms with Gasteiger partial charge in [-0.05, 0) is 24.3 Å². The third-order valence-corrected chi connectivity index (χ3v) is 3.67. The second kappa shape index (κ2) is 7.47. The summed E-state index contributed by atoms with van der Waals surface area (Å²) in [5.74, 6) is 1.46. The lowest BCUT2D eigenvalue weighted by molar-refractivity contribution is 0.262. The molecule has 0 saturated heterocycles. The largest absolute Gasteiger partial charge is 0.493 e. The standard InChI is InChI=1S/C18H19N5O3/c1-25-15-7-6-13(9-16(15)26-2)22-18(24)21-12-5-3-4-11(8-12)14-10-20-17(19)23-14/h3-10H,1-2H3,(H3,19,20,23)(H2,21,22,24). The predicted molar refractivity (Wildman–Crippen MR) is 101 cm³/mol. The van der Waals surface area contributed by atoms with Crippen LogP contribution in [-0.4, -0.2) is 30.2 Å². The molecule has 0 saturated carbocycles. The van der Waals surface area contributed by atoms with Crippen molar-refractivity contribution in [2.24, 2.45) is 0 Å². The van der Waals surface area contributed by atoms with Crippen molar-refractivity contribution in [1.82, 2.24) is 9.97 Å². The molecule has 2 aromatic carbocycles. The molecule has 1 aromatic heterocycles. The number of nitrogen functional groups attached to an aromatic ring is 1. The maximum atomic E-state index is 12.3. The maximum absolute atomic E-state index is 12.3. The van der Waals surface area contributed by atoms with E-state index >= 15 is 0 Å². The number of benzene rings is 2. The number of rotatable bonds is 5. The first-order chi connectivity index (χ1) is 12.6. The van der Waals surface area contributed by atoms with Gasteiger partial charge in [0.25, 0.3) is 0 Å². The van der Waals surface area contributed by atoms with Gasteiger partial charge in [-0.25, -0.2) is 9.78 Å². The summed E-state index contributed by atoms with van der Waals surface area (Å²) in [7, 11) is 3.09. The van der Waals surface area contributed by atoms with E-state index in [9.17, 15) is 4.79 Å². The second-order valence-electron chi connectivity index (χ2n) is 5.41. The molecule has 0 bridgehead atoms. The Labute approximate surface area is 150 Å². The highest BCUT2D eigenvalue weighted by atomic mass is 16.5. The highest BCUT2D eigenvalue weighted by molar-refractivity contribution is 6.00. The Kier molecular flexibility index (Phi) is 4.93. The molecule has 0 atom stereocenters. The van der Waals surface area contributed by atoms with Gasteiger partial charge >= 0.3 is 6.03 Å². The number of anilines is 3. The number of carbonyl (C=O) groups is 1. The minimum Gasteiger partial charge on any atom is -0.493 e. The van der Waals surface area contributed by atoms with Crippen molar-refractivity contribution in [3.8, 4) is 22.8 Å². The zero-order chi connectivity index (χ0) is 18.5. The van der Waals surface area contributed by atoms with Gasteiger partial charge in [0.2, 0.25) is 0 Å². The lowest BCUT2D eigenvalue weighted by atomic mass is 10.1. The zero-order valence-electron chi connectivity index (χ0n) is 14.4. The fourth-order valence-corrected chi connectivity index (χ4v) is 2.46. The number of aromatic nitrogens is 2. The average molecular weight is 353 g/mol. The number of H-pyrrole nitrogens is 1. The van der Waals surface area contributed by atoms with Crippen molar-refractivity contribution in [2.75, 3.05) is 30.6 Å². The van der Waals surface area contributed by atoms with Crippen LogP contribution in [0.25, 0.3) is 11.3 Å². The Morgan fingerprint density at radius 2 is 1.77 bits per heavy atom. The van der Waals surface area contributed by atoms with E-state index in [-0.39, 0.29) is 6.03 Å². The van der Waals surface area contributed by atoms with Crippen molar-refractivity contribution in [3.63, 3.8) is 0 Å². The number of nitrogens with one attached hydrogen (secondary N) is 3. The fourth-order valence-electron chi connectivity index (χ4n) is 2.46. The molecule has 0 aliphatic carbocycles. The van der Waals surface area contributed by atoms with Gasteiger partial charge in [0.05, 0.1) is 26.1 Å². The number of nitrogens with two attached hydrogens (primary N) is 1. The van der Waals surface area contributed by atoms with Gasteiger partial charge in [0.1, 0.15) is 0 Å². The van der Waals surface area contributed by atoms with E-state index in [4.69, 9.17) is 15.2 Å². The Balaban J connectivity index is 1.70. The first-order valence-corrected chi connectivity index (χ1v) is 7.80. The molecule has 0 radical (unpaired) electrons. The van der Waals surface area contributed by atoms with Crippen LogP contribution in [0.2, 0.25) is 0 Å². The quantitative estimate of drug-likeness (QED) is 0.562. The fraction of sp³-hybridized carbons (Fsp3) is 0.111. The molecule has 134 valence electrons. The van der Waals surface area contributed by atoms with Gasteiger partial charge in [0, 0.05) is 23.0 Å². The first kappa shape index (κ1) is 17.2. The molecular formula is C18H19N5O3. The van der Waals surface area contributed by atoms with E-state index in [1.165, 1.54) is 7.11 Å². The van der Waals surface area contributed by atoms with Crippen LogP contribution in [0.5, 0.6) is 11.5 Å². The van der Waals surface area contributed by atoms with Gasteiger partial charge < -0.3 is 30.8 Å². The van der Waals surface area contributed by atoms with Crippen molar-refractivity contribution < 1.29 is 14.3 Å². The summed E-state index contributed by atoms with van der Waals surface area (Å²) in [5, 5.41) is 5.54. The van der Waals surface area contributed by atoms with E-state index < -0.39 is 0 Å². The molecule has 1 heterocycles. The molecule has 0 aliphatic heterocycles. The number of imidazole rings is 1. The van der Waals surface area contributed by atoms with Crippen molar-refractivity contribution in [2.45, 2.75) is 0 Å². The Hall–Kier alpha value is -3.68. The van der Waals surface area contributed by atoms with Gasteiger partial charge in [-0.2, -0.15) is 0 Å². The number of ether oxygens (including phenoxy) is 2. The summed E-state index contributed by atoms with van der Waals surface area (Å²) in [6.07, 6.45) is 1.64. The monoisotopic (exact) mass is 353 g/mol. The van der Waals surface area contributed by atoms with Crippen LogP contribution in [0, 0.1) is 0 Å². The SMILES string of the molecule is COc1ccc(NC(=O)Nc2cccc(-c3cnc(N)[nH]3)c2)cc1OC. The summed E-state index contributed by atoms with van der Waals surface area (Å²) >= 11 is 0. The average Bonchev–Trinajstić information content (AvgIpc) is 3.08. The summed E-state index contributed by atoms with van der Waals surface area (Å²) < 4.78 is 10.4. The summed E-state index contributed by atoms with van der Waals surface area (Å²) in [6.45, 7) is 0. The molecule has 3 aromatic rings.